The molecule has 1 unspecified atom stereocenters. The Morgan fingerprint density at radius 1 is 1.47 bits per heavy atom. The second kappa shape index (κ2) is 8.00. The van der Waals surface area contributed by atoms with Crippen LogP contribution in [0.2, 0.25) is 0 Å². The van der Waals surface area contributed by atoms with E-state index in [-0.39, 0.29) is 0 Å². The topological polar surface area (TPSA) is 24.5 Å². The van der Waals surface area contributed by atoms with Crippen molar-refractivity contribution in [3.63, 3.8) is 0 Å². The van der Waals surface area contributed by atoms with E-state index in [9.17, 15) is 0 Å². The standard InChI is InChI=1S/C15H23BrN2O/c1-2-6-17-10-15-12-19-8-7-18(15)11-13-4-3-5-14(16)9-13/h3-5,9,15,17H,2,6-8,10-12H2,1H3. The summed E-state index contributed by atoms with van der Waals surface area (Å²) in [6, 6.07) is 9.05. The number of nitrogens with one attached hydrogen (secondary N) is 1. The molecule has 106 valence electrons. The first kappa shape index (κ1) is 15.0. The highest BCUT2D eigenvalue weighted by Crippen LogP contribution is 2.16. The molecule has 0 spiro atoms. The van der Waals surface area contributed by atoms with Crippen LogP contribution in [0.1, 0.15) is 18.9 Å². The van der Waals surface area contributed by atoms with Crippen molar-refractivity contribution in [1.82, 2.24) is 10.2 Å². The Labute approximate surface area is 124 Å². The number of benzene rings is 1. The van der Waals surface area contributed by atoms with Crippen LogP contribution in [0.5, 0.6) is 0 Å². The van der Waals surface area contributed by atoms with Crippen LogP contribution in [0.25, 0.3) is 0 Å². The van der Waals surface area contributed by atoms with E-state index >= 15 is 0 Å². The predicted octanol–water partition coefficient (Wildman–Crippen LogP) is 2.65. The van der Waals surface area contributed by atoms with Gasteiger partial charge in [-0.05, 0) is 30.7 Å². The maximum atomic E-state index is 5.61. The Kier molecular flexibility index (Phi) is 6.31. The normalized spacial score (nSPS) is 20.6. The maximum absolute atomic E-state index is 5.61. The molecule has 0 saturated carbocycles. The lowest BCUT2D eigenvalue weighted by Crippen LogP contribution is -2.49. The SMILES string of the molecule is CCCNCC1COCCN1Cc1cccc(Br)c1. The molecule has 0 radical (unpaired) electrons. The van der Waals surface area contributed by atoms with Crippen molar-refractivity contribution in [1.29, 1.82) is 0 Å². The van der Waals surface area contributed by atoms with E-state index in [2.05, 4.69) is 57.3 Å². The van der Waals surface area contributed by atoms with E-state index in [1.807, 2.05) is 0 Å². The summed E-state index contributed by atoms with van der Waals surface area (Å²) in [5.41, 5.74) is 1.36. The molecule has 19 heavy (non-hydrogen) atoms. The fourth-order valence-corrected chi connectivity index (χ4v) is 2.85. The molecular weight excluding hydrogens is 304 g/mol. The lowest BCUT2D eigenvalue weighted by atomic mass is 10.1. The van der Waals surface area contributed by atoms with E-state index in [1.54, 1.807) is 0 Å². The summed E-state index contributed by atoms with van der Waals surface area (Å²) in [7, 11) is 0. The largest absolute Gasteiger partial charge is 0.378 e. The zero-order valence-corrected chi connectivity index (χ0v) is 13.2. The van der Waals surface area contributed by atoms with Crippen molar-refractivity contribution in [3.05, 3.63) is 34.3 Å². The van der Waals surface area contributed by atoms with Gasteiger partial charge in [0.2, 0.25) is 0 Å². The molecule has 1 aliphatic heterocycles. The Morgan fingerprint density at radius 2 is 2.37 bits per heavy atom. The first-order valence-corrected chi connectivity index (χ1v) is 7.86. The molecule has 0 aliphatic carbocycles. The molecule has 4 heteroatoms. The maximum Gasteiger partial charge on any atom is 0.0635 e. The molecule has 1 saturated heterocycles. The third-order valence-corrected chi connectivity index (χ3v) is 3.92. The van der Waals surface area contributed by atoms with Crippen LogP contribution >= 0.6 is 15.9 Å². The summed E-state index contributed by atoms with van der Waals surface area (Å²) in [4.78, 5) is 2.52. The Hall–Kier alpha value is -0.420. The number of nitrogens with zero attached hydrogens (tertiary/aromatic N) is 1. The first-order valence-electron chi connectivity index (χ1n) is 7.06. The number of rotatable bonds is 6. The van der Waals surface area contributed by atoms with Crippen molar-refractivity contribution < 1.29 is 4.74 Å². The number of morpholine rings is 1. The van der Waals surface area contributed by atoms with Crippen LogP contribution in [-0.4, -0.2) is 43.8 Å². The Morgan fingerprint density at radius 3 is 3.16 bits per heavy atom. The summed E-state index contributed by atoms with van der Waals surface area (Å²) >= 11 is 3.54. The molecule has 1 atom stereocenters. The van der Waals surface area contributed by atoms with Crippen LogP contribution in [0.4, 0.5) is 0 Å². The van der Waals surface area contributed by atoms with Crippen LogP contribution < -0.4 is 5.32 Å². The minimum absolute atomic E-state index is 0.485. The average Bonchev–Trinajstić information content (AvgIpc) is 2.41. The van der Waals surface area contributed by atoms with Gasteiger partial charge >= 0.3 is 0 Å². The lowest BCUT2D eigenvalue weighted by Gasteiger charge is -2.35. The van der Waals surface area contributed by atoms with Crippen LogP contribution in [0.15, 0.2) is 28.7 Å². The third-order valence-electron chi connectivity index (χ3n) is 3.43. The van der Waals surface area contributed by atoms with E-state index in [1.165, 1.54) is 12.0 Å². The molecule has 1 N–H and O–H groups in total. The van der Waals surface area contributed by atoms with Gasteiger partial charge in [-0.15, -0.1) is 0 Å². The van der Waals surface area contributed by atoms with E-state index < -0.39 is 0 Å². The molecule has 0 aromatic heterocycles. The molecule has 1 heterocycles. The molecule has 1 fully saturated rings. The van der Waals surface area contributed by atoms with Crippen molar-refractivity contribution in [2.24, 2.45) is 0 Å². The molecule has 3 nitrogen and oxygen atoms in total. The smallest absolute Gasteiger partial charge is 0.0635 e. The predicted molar refractivity (Wildman–Crippen MR) is 82.3 cm³/mol. The van der Waals surface area contributed by atoms with Gasteiger partial charge in [-0.1, -0.05) is 35.0 Å². The summed E-state index contributed by atoms with van der Waals surface area (Å²) in [5, 5.41) is 3.50. The number of ether oxygens (including phenoxy) is 1. The highest BCUT2D eigenvalue weighted by atomic mass is 79.9. The fraction of sp³-hybridized carbons (Fsp3) is 0.600. The van der Waals surface area contributed by atoms with Gasteiger partial charge in [0.15, 0.2) is 0 Å². The molecule has 2 rings (SSSR count). The Balaban J connectivity index is 1.91. The number of hydrogen-bond acceptors (Lipinski definition) is 3. The quantitative estimate of drug-likeness (QED) is 0.813. The van der Waals surface area contributed by atoms with Gasteiger partial charge < -0.3 is 10.1 Å². The molecule has 1 aromatic rings. The van der Waals surface area contributed by atoms with Crippen molar-refractivity contribution >= 4 is 15.9 Å². The molecule has 1 aromatic carbocycles. The van der Waals surface area contributed by atoms with Gasteiger partial charge in [0.25, 0.3) is 0 Å². The second-order valence-electron chi connectivity index (χ2n) is 5.03. The van der Waals surface area contributed by atoms with Crippen molar-refractivity contribution in [2.45, 2.75) is 25.9 Å². The Bertz CT molecular complexity index is 386. The van der Waals surface area contributed by atoms with Gasteiger partial charge in [-0.25, -0.2) is 0 Å². The van der Waals surface area contributed by atoms with E-state index in [0.29, 0.717) is 6.04 Å². The summed E-state index contributed by atoms with van der Waals surface area (Å²) in [5.74, 6) is 0. The van der Waals surface area contributed by atoms with Gasteiger partial charge in [0.05, 0.1) is 13.2 Å². The van der Waals surface area contributed by atoms with Gasteiger partial charge in [-0.3, -0.25) is 4.90 Å². The first-order chi connectivity index (χ1) is 9.29. The second-order valence-corrected chi connectivity index (χ2v) is 5.95. The minimum Gasteiger partial charge on any atom is -0.378 e. The minimum atomic E-state index is 0.485. The molecule has 0 bridgehead atoms. The van der Waals surface area contributed by atoms with Crippen LogP contribution in [0.3, 0.4) is 0 Å². The van der Waals surface area contributed by atoms with E-state index in [4.69, 9.17) is 4.74 Å². The van der Waals surface area contributed by atoms with Crippen LogP contribution in [-0.2, 0) is 11.3 Å². The molecular formula is C15H23BrN2O. The van der Waals surface area contributed by atoms with Gasteiger partial charge in [-0.2, -0.15) is 0 Å². The summed E-state index contributed by atoms with van der Waals surface area (Å²) < 4.78 is 6.77. The lowest BCUT2D eigenvalue weighted by molar-refractivity contribution is -0.0108. The number of hydrogen-bond donors (Lipinski definition) is 1. The van der Waals surface area contributed by atoms with E-state index in [0.717, 1.165) is 43.9 Å². The highest BCUT2D eigenvalue weighted by Gasteiger charge is 2.22. The van der Waals surface area contributed by atoms with Gasteiger partial charge in [0.1, 0.15) is 0 Å². The molecule has 0 amide bonds. The third kappa shape index (κ3) is 4.88. The highest BCUT2D eigenvalue weighted by molar-refractivity contribution is 9.10. The monoisotopic (exact) mass is 326 g/mol. The van der Waals surface area contributed by atoms with Crippen LogP contribution in [0, 0.1) is 0 Å². The summed E-state index contributed by atoms with van der Waals surface area (Å²) in [6.07, 6.45) is 1.18. The zero-order valence-electron chi connectivity index (χ0n) is 11.6. The van der Waals surface area contributed by atoms with Gasteiger partial charge in [0, 0.05) is 30.1 Å². The fourth-order valence-electron chi connectivity index (χ4n) is 2.40. The molecule has 1 aliphatic rings. The zero-order chi connectivity index (χ0) is 13.5. The number of halogens is 1. The van der Waals surface area contributed by atoms with Crippen molar-refractivity contribution in [2.75, 3.05) is 32.8 Å². The van der Waals surface area contributed by atoms with Crippen molar-refractivity contribution in [3.8, 4) is 0 Å². The average molecular weight is 327 g/mol. The summed E-state index contributed by atoms with van der Waals surface area (Å²) in [6.45, 7) is 8.00.